The van der Waals surface area contributed by atoms with Gasteiger partial charge in [-0.3, -0.25) is 18.8 Å². The van der Waals surface area contributed by atoms with Crippen molar-refractivity contribution in [1.82, 2.24) is 24.6 Å². The van der Waals surface area contributed by atoms with Gasteiger partial charge in [0.1, 0.15) is 11.2 Å². The first-order chi connectivity index (χ1) is 14.0. The van der Waals surface area contributed by atoms with E-state index in [2.05, 4.69) is 15.4 Å². The van der Waals surface area contributed by atoms with Crippen molar-refractivity contribution in [3.8, 4) is 0 Å². The predicted molar refractivity (Wildman–Crippen MR) is 107 cm³/mol. The second kappa shape index (κ2) is 8.14. The lowest BCUT2D eigenvalue weighted by atomic mass is 9.91. The first kappa shape index (κ1) is 19.3. The fourth-order valence-corrected chi connectivity index (χ4v) is 4.13. The molecule has 8 heteroatoms. The summed E-state index contributed by atoms with van der Waals surface area (Å²) in [6.45, 7) is 0.239. The van der Waals surface area contributed by atoms with Crippen molar-refractivity contribution in [2.45, 2.75) is 44.7 Å². The Morgan fingerprint density at radius 3 is 2.72 bits per heavy atom. The Bertz CT molecular complexity index is 1070. The molecule has 1 fully saturated rings. The number of hydrogen-bond donors (Lipinski definition) is 1. The maximum atomic E-state index is 13.3. The number of hydrogen-bond acceptors (Lipinski definition) is 4. The van der Waals surface area contributed by atoms with E-state index in [1.54, 1.807) is 23.9 Å². The van der Waals surface area contributed by atoms with Gasteiger partial charge in [-0.15, -0.1) is 0 Å². The minimum absolute atomic E-state index is 0.135. The maximum absolute atomic E-state index is 13.3. The van der Waals surface area contributed by atoms with Gasteiger partial charge in [0.15, 0.2) is 5.65 Å². The van der Waals surface area contributed by atoms with Crippen LogP contribution in [0.1, 0.15) is 43.7 Å². The maximum Gasteiger partial charge on any atom is 0.264 e. The smallest absolute Gasteiger partial charge is 0.264 e. The van der Waals surface area contributed by atoms with Crippen LogP contribution in [0.15, 0.2) is 41.6 Å². The third-order valence-electron chi connectivity index (χ3n) is 5.71. The predicted octanol–water partition coefficient (Wildman–Crippen LogP) is 2.71. The highest BCUT2D eigenvalue weighted by atomic mass is 19.1. The lowest BCUT2D eigenvalue weighted by Crippen LogP contribution is -2.34. The molecule has 0 bridgehead atoms. The summed E-state index contributed by atoms with van der Waals surface area (Å²) in [6, 6.07) is 6.20. The zero-order valence-corrected chi connectivity index (χ0v) is 16.3. The van der Waals surface area contributed by atoms with Gasteiger partial charge in [-0.05, 0) is 36.5 Å². The quantitative estimate of drug-likeness (QED) is 0.693. The van der Waals surface area contributed by atoms with Gasteiger partial charge in [-0.1, -0.05) is 25.0 Å². The molecule has 1 N–H and O–H groups in total. The number of carbonyl (C=O) groups excluding carboxylic acids is 1. The van der Waals surface area contributed by atoms with E-state index in [9.17, 15) is 14.0 Å². The van der Waals surface area contributed by atoms with Crippen molar-refractivity contribution in [3.63, 3.8) is 0 Å². The summed E-state index contributed by atoms with van der Waals surface area (Å²) in [7, 11) is 1.73. The Hall–Kier alpha value is -3.03. The van der Waals surface area contributed by atoms with E-state index in [4.69, 9.17) is 0 Å². The van der Waals surface area contributed by atoms with E-state index in [1.807, 2.05) is 0 Å². The van der Waals surface area contributed by atoms with E-state index in [0.29, 0.717) is 17.0 Å². The molecule has 0 saturated heterocycles. The van der Waals surface area contributed by atoms with Crippen LogP contribution in [0.2, 0.25) is 0 Å². The third-order valence-corrected chi connectivity index (χ3v) is 5.71. The first-order valence-electron chi connectivity index (χ1n) is 9.95. The molecule has 1 atom stereocenters. The highest BCUT2D eigenvalue weighted by Gasteiger charge is 2.27. The van der Waals surface area contributed by atoms with Gasteiger partial charge in [0.2, 0.25) is 5.91 Å². The van der Waals surface area contributed by atoms with Crippen LogP contribution in [0, 0.1) is 11.7 Å². The van der Waals surface area contributed by atoms with Crippen LogP contribution in [0.25, 0.3) is 11.0 Å². The second-order valence-corrected chi connectivity index (χ2v) is 7.64. The van der Waals surface area contributed by atoms with Crippen molar-refractivity contribution in [2.75, 3.05) is 0 Å². The number of nitrogens with zero attached hydrogens (tertiary/aromatic N) is 4. The summed E-state index contributed by atoms with van der Waals surface area (Å²) in [4.78, 5) is 29.5. The molecule has 1 aliphatic carbocycles. The van der Waals surface area contributed by atoms with Crippen molar-refractivity contribution in [3.05, 3.63) is 58.5 Å². The second-order valence-electron chi connectivity index (χ2n) is 7.64. The van der Waals surface area contributed by atoms with Crippen LogP contribution in [0.4, 0.5) is 4.39 Å². The molecular formula is C21H24FN5O2. The molecule has 29 heavy (non-hydrogen) atoms. The van der Waals surface area contributed by atoms with Crippen LogP contribution in [-0.2, 0) is 18.4 Å². The molecule has 1 aliphatic rings. The van der Waals surface area contributed by atoms with E-state index in [0.717, 1.165) is 31.2 Å². The Labute approximate surface area is 167 Å². The van der Waals surface area contributed by atoms with Gasteiger partial charge >= 0.3 is 0 Å². The minimum atomic E-state index is -0.289. The molecule has 7 nitrogen and oxygen atoms in total. The van der Waals surface area contributed by atoms with E-state index in [1.165, 1.54) is 29.2 Å². The average Bonchev–Trinajstić information content (AvgIpc) is 3.37. The summed E-state index contributed by atoms with van der Waals surface area (Å²) in [5, 5.41) is 7.60. The largest absolute Gasteiger partial charge is 0.349 e. The Kier molecular flexibility index (Phi) is 5.42. The number of aryl methyl sites for hydroxylation is 2. The highest BCUT2D eigenvalue weighted by molar-refractivity contribution is 5.76. The fourth-order valence-electron chi connectivity index (χ4n) is 4.13. The van der Waals surface area contributed by atoms with Gasteiger partial charge in [-0.25, -0.2) is 9.37 Å². The molecule has 0 spiro atoms. The SMILES string of the molecule is Cn1ncc2c(=O)n(CCC(=O)N[C@H](c3ccc(F)cc3)C3CCCC3)cnc21. The molecule has 4 rings (SSSR count). The normalized spacial score (nSPS) is 15.7. The fraction of sp³-hybridized carbons (Fsp3) is 0.429. The topological polar surface area (TPSA) is 81.8 Å². The number of aromatic nitrogens is 4. The van der Waals surface area contributed by atoms with Crippen LogP contribution in [-0.4, -0.2) is 25.2 Å². The van der Waals surface area contributed by atoms with Gasteiger partial charge in [0.25, 0.3) is 5.56 Å². The van der Waals surface area contributed by atoms with E-state index in [-0.39, 0.29) is 36.3 Å². The van der Waals surface area contributed by atoms with Crippen molar-refractivity contribution in [1.29, 1.82) is 0 Å². The molecule has 0 radical (unpaired) electrons. The van der Waals surface area contributed by atoms with E-state index < -0.39 is 0 Å². The van der Waals surface area contributed by atoms with Crippen LogP contribution < -0.4 is 10.9 Å². The van der Waals surface area contributed by atoms with Crippen LogP contribution in [0.3, 0.4) is 0 Å². The zero-order chi connectivity index (χ0) is 20.4. The monoisotopic (exact) mass is 397 g/mol. The van der Waals surface area contributed by atoms with Gasteiger partial charge in [0.05, 0.1) is 18.6 Å². The van der Waals surface area contributed by atoms with Crippen molar-refractivity contribution < 1.29 is 9.18 Å². The molecule has 0 aliphatic heterocycles. The lowest BCUT2D eigenvalue weighted by molar-refractivity contribution is -0.122. The summed E-state index contributed by atoms with van der Waals surface area (Å²) in [5.41, 5.74) is 1.23. The number of halogens is 1. The average molecular weight is 397 g/mol. The molecule has 2 heterocycles. The molecule has 152 valence electrons. The number of carbonyl (C=O) groups is 1. The molecule has 1 aromatic carbocycles. The lowest BCUT2D eigenvalue weighted by Gasteiger charge is -2.25. The molecular weight excluding hydrogens is 373 g/mol. The number of nitrogens with one attached hydrogen (secondary N) is 1. The Morgan fingerprint density at radius 1 is 1.28 bits per heavy atom. The summed E-state index contributed by atoms with van der Waals surface area (Å²) >= 11 is 0. The number of rotatable bonds is 6. The first-order valence-corrected chi connectivity index (χ1v) is 9.95. The van der Waals surface area contributed by atoms with Crippen LogP contribution in [0.5, 0.6) is 0 Å². The van der Waals surface area contributed by atoms with Gasteiger partial charge < -0.3 is 5.32 Å². The number of amides is 1. The molecule has 1 saturated carbocycles. The molecule has 2 aromatic heterocycles. The molecule has 0 unspecified atom stereocenters. The third kappa shape index (κ3) is 4.06. The molecule has 3 aromatic rings. The Morgan fingerprint density at radius 2 is 2.00 bits per heavy atom. The number of benzene rings is 1. The highest BCUT2D eigenvalue weighted by Crippen LogP contribution is 2.35. The summed E-state index contributed by atoms with van der Waals surface area (Å²) in [6.07, 6.45) is 7.49. The van der Waals surface area contributed by atoms with Crippen LogP contribution >= 0.6 is 0 Å². The van der Waals surface area contributed by atoms with Crippen molar-refractivity contribution in [2.24, 2.45) is 13.0 Å². The minimum Gasteiger partial charge on any atom is -0.349 e. The number of fused-ring (bicyclic) bond motifs is 1. The van der Waals surface area contributed by atoms with Gasteiger partial charge in [-0.2, -0.15) is 5.10 Å². The standard InChI is InChI=1S/C21H24FN5O2/c1-26-20-17(12-24-26)21(29)27(13-23-20)11-10-18(28)25-19(14-4-2-3-5-14)15-6-8-16(22)9-7-15/h6-9,12-14,19H,2-5,10-11H2,1H3,(H,25,28)/t19-/m0/s1. The van der Waals surface area contributed by atoms with E-state index >= 15 is 0 Å². The Balaban J connectivity index is 1.46. The molecule has 1 amide bonds. The zero-order valence-electron chi connectivity index (χ0n) is 16.3. The van der Waals surface area contributed by atoms with Crippen molar-refractivity contribution >= 4 is 16.9 Å². The summed E-state index contributed by atoms with van der Waals surface area (Å²) in [5.74, 6) is -0.0760. The van der Waals surface area contributed by atoms with Gasteiger partial charge in [0, 0.05) is 20.0 Å². The summed E-state index contributed by atoms with van der Waals surface area (Å²) < 4.78 is 16.3.